The molecule has 0 radical (unpaired) electrons. The molecule has 5 nitrogen and oxygen atoms in total. The molecule has 0 heterocycles. The number of phenolic OH excluding ortho intramolecular Hbond substituents is 1. The molecule has 6 N–H and O–H groups in total. The van der Waals surface area contributed by atoms with Gasteiger partial charge in [-0.1, -0.05) is 12.1 Å². The highest BCUT2D eigenvalue weighted by molar-refractivity contribution is 6.00. The van der Waals surface area contributed by atoms with Gasteiger partial charge >= 0.3 is 0 Å². The Balaban J connectivity index is 3.10. The highest BCUT2D eigenvalue weighted by Crippen LogP contribution is 2.14. The maximum atomic E-state index is 9.31. The van der Waals surface area contributed by atoms with Crippen LogP contribution in [0.2, 0.25) is 0 Å². The molecule has 0 aromatic heterocycles. The number of nitrogens with one attached hydrogen (secondary N) is 1. The summed E-state index contributed by atoms with van der Waals surface area (Å²) < 4.78 is 0. The molecule has 0 spiro atoms. The highest BCUT2D eigenvalue weighted by atomic mass is 16.3. The van der Waals surface area contributed by atoms with E-state index in [1.165, 1.54) is 6.07 Å². The van der Waals surface area contributed by atoms with Crippen LogP contribution in [0.3, 0.4) is 0 Å². The minimum Gasteiger partial charge on any atom is -0.507 e. The third kappa shape index (κ3) is 1.46. The van der Waals surface area contributed by atoms with Crippen molar-refractivity contribution in [3.05, 3.63) is 29.8 Å². The summed E-state index contributed by atoms with van der Waals surface area (Å²) in [6.45, 7) is 0. The first-order chi connectivity index (χ1) is 5.79. The number of para-hydroxylation sites is 1. The highest BCUT2D eigenvalue weighted by Gasteiger charge is 2.04. The number of amidine groups is 1. The van der Waals surface area contributed by atoms with Gasteiger partial charge in [0.1, 0.15) is 5.75 Å². The first-order valence-electron chi connectivity index (χ1n) is 3.32. The third-order valence-corrected chi connectivity index (χ3v) is 1.42. The smallest absolute Gasteiger partial charge is 0.170 e. The van der Waals surface area contributed by atoms with E-state index in [1.807, 2.05) is 0 Å². The number of hydrazone groups is 1. The number of nitrogens with zero attached hydrogens (tertiary/aromatic N) is 1. The molecule has 0 amide bonds. The van der Waals surface area contributed by atoms with Crippen molar-refractivity contribution in [1.82, 2.24) is 5.43 Å². The molecule has 5 heteroatoms. The van der Waals surface area contributed by atoms with E-state index in [0.717, 1.165) is 0 Å². The lowest BCUT2D eigenvalue weighted by Crippen LogP contribution is -2.32. The zero-order valence-electron chi connectivity index (χ0n) is 6.36. The standard InChI is InChI=1S/C7H10N4O/c8-10-7(11-9)5-3-1-2-4-6(5)12/h1-4,12H,8-9H2,(H,10,11). The zero-order chi connectivity index (χ0) is 8.97. The fourth-order valence-corrected chi connectivity index (χ4v) is 0.858. The number of phenols is 1. The Hall–Kier alpha value is -1.75. The topological polar surface area (TPSA) is 96.7 Å². The van der Waals surface area contributed by atoms with Crippen LogP contribution < -0.4 is 17.1 Å². The van der Waals surface area contributed by atoms with Gasteiger partial charge in [0.05, 0.1) is 5.56 Å². The van der Waals surface area contributed by atoms with Crippen molar-refractivity contribution in [2.75, 3.05) is 0 Å². The van der Waals surface area contributed by atoms with Crippen LogP contribution in [-0.2, 0) is 0 Å². The molecule has 1 aromatic rings. The van der Waals surface area contributed by atoms with Crippen LogP contribution in [0.1, 0.15) is 5.56 Å². The van der Waals surface area contributed by atoms with Crippen molar-refractivity contribution >= 4 is 5.84 Å². The van der Waals surface area contributed by atoms with E-state index < -0.39 is 0 Å². The molecule has 1 rings (SSSR count). The molecule has 0 bridgehead atoms. The maximum absolute atomic E-state index is 9.31. The quantitative estimate of drug-likeness (QED) is 0.195. The van der Waals surface area contributed by atoms with E-state index in [4.69, 9.17) is 11.7 Å². The molecule has 0 unspecified atom stereocenters. The van der Waals surface area contributed by atoms with E-state index in [0.29, 0.717) is 5.56 Å². The average Bonchev–Trinajstić information content (AvgIpc) is 2.10. The van der Waals surface area contributed by atoms with Gasteiger partial charge in [-0.25, -0.2) is 5.84 Å². The van der Waals surface area contributed by atoms with Gasteiger partial charge in [0.25, 0.3) is 0 Å². The Labute approximate surface area is 69.7 Å². The molecule has 0 aliphatic carbocycles. The monoisotopic (exact) mass is 166 g/mol. The molecule has 0 fully saturated rings. The van der Waals surface area contributed by atoms with Gasteiger partial charge in [-0.2, -0.15) is 5.10 Å². The van der Waals surface area contributed by atoms with Crippen LogP contribution in [0.4, 0.5) is 0 Å². The summed E-state index contributed by atoms with van der Waals surface area (Å²) in [5, 5.41) is 12.7. The second kappa shape index (κ2) is 3.59. The summed E-state index contributed by atoms with van der Waals surface area (Å²) in [4.78, 5) is 0. The minimum absolute atomic E-state index is 0.0830. The average molecular weight is 166 g/mol. The van der Waals surface area contributed by atoms with Gasteiger partial charge in [0, 0.05) is 0 Å². The van der Waals surface area contributed by atoms with E-state index >= 15 is 0 Å². The lowest BCUT2D eigenvalue weighted by molar-refractivity contribution is 0.474. The van der Waals surface area contributed by atoms with E-state index in [-0.39, 0.29) is 11.6 Å². The van der Waals surface area contributed by atoms with E-state index in [9.17, 15) is 5.11 Å². The van der Waals surface area contributed by atoms with Gasteiger partial charge in [-0.15, -0.1) is 0 Å². The number of rotatable bonds is 1. The molecule has 0 saturated carbocycles. The Morgan fingerprint density at radius 2 is 2.08 bits per heavy atom. The van der Waals surface area contributed by atoms with Gasteiger partial charge < -0.3 is 16.4 Å². The second-order valence-electron chi connectivity index (χ2n) is 2.14. The summed E-state index contributed by atoms with van der Waals surface area (Å²) in [5.41, 5.74) is 2.75. The van der Waals surface area contributed by atoms with Crippen molar-refractivity contribution < 1.29 is 5.11 Å². The Kier molecular flexibility index (Phi) is 2.49. The van der Waals surface area contributed by atoms with Crippen molar-refractivity contribution in [2.24, 2.45) is 16.8 Å². The molecule has 0 aliphatic heterocycles. The van der Waals surface area contributed by atoms with Gasteiger partial charge in [-0.05, 0) is 12.1 Å². The molecular weight excluding hydrogens is 156 g/mol. The van der Waals surface area contributed by atoms with Crippen molar-refractivity contribution in [3.63, 3.8) is 0 Å². The number of nitrogens with two attached hydrogens (primary N) is 2. The molecule has 0 saturated heterocycles. The maximum Gasteiger partial charge on any atom is 0.170 e. The zero-order valence-corrected chi connectivity index (χ0v) is 6.36. The number of hydrogen-bond acceptors (Lipinski definition) is 4. The van der Waals surface area contributed by atoms with Crippen molar-refractivity contribution in [2.45, 2.75) is 0 Å². The van der Waals surface area contributed by atoms with E-state index in [1.54, 1.807) is 18.2 Å². The molecule has 64 valence electrons. The molecule has 1 aromatic carbocycles. The fraction of sp³-hybridized carbons (Fsp3) is 0. The van der Waals surface area contributed by atoms with Crippen molar-refractivity contribution in [1.29, 1.82) is 0 Å². The summed E-state index contributed by atoms with van der Waals surface area (Å²) in [5.74, 6) is 10.5. The third-order valence-electron chi connectivity index (χ3n) is 1.42. The first kappa shape index (κ1) is 8.35. The van der Waals surface area contributed by atoms with Crippen LogP contribution in [0.5, 0.6) is 5.75 Å². The summed E-state index contributed by atoms with van der Waals surface area (Å²) in [6.07, 6.45) is 0. The molecule has 0 aliphatic rings. The Morgan fingerprint density at radius 3 is 2.58 bits per heavy atom. The Bertz CT molecular complexity index is 297. The van der Waals surface area contributed by atoms with Gasteiger partial charge in [0.2, 0.25) is 0 Å². The second-order valence-corrected chi connectivity index (χ2v) is 2.14. The predicted molar refractivity (Wildman–Crippen MR) is 46.2 cm³/mol. The van der Waals surface area contributed by atoms with Crippen molar-refractivity contribution in [3.8, 4) is 5.75 Å². The predicted octanol–water partition coefficient (Wildman–Crippen LogP) is -0.524. The Morgan fingerprint density at radius 1 is 1.42 bits per heavy atom. The van der Waals surface area contributed by atoms with Crippen LogP contribution in [0.15, 0.2) is 29.4 Å². The van der Waals surface area contributed by atoms with Gasteiger partial charge in [-0.3, -0.25) is 0 Å². The van der Waals surface area contributed by atoms with Crippen LogP contribution in [0, 0.1) is 0 Å². The summed E-state index contributed by atoms with van der Waals surface area (Å²) in [6, 6.07) is 6.62. The normalized spacial score (nSPS) is 11.2. The number of aromatic hydroxyl groups is 1. The lowest BCUT2D eigenvalue weighted by Gasteiger charge is -2.04. The molecular formula is C7H10N4O. The lowest BCUT2D eigenvalue weighted by atomic mass is 10.2. The summed E-state index contributed by atoms with van der Waals surface area (Å²) in [7, 11) is 0. The van der Waals surface area contributed by atoms with E-state index in [2.05, 4.69) is 10.5 Å². The van der Waals surface area contributed by atoms with Crippen LogP contribution in [0.25, 0.3) is 0 Å². The van der Waals surface area contributed by atoms with Crippen LogP contribution in [-0.4, -0.2) is 10.9 Å². The SMILES string of the molecule is NN=C(NN)c1ccccc1O. The molecule has 12 heavy (non-hydrogen) atoms. The number of hydrogen-bond donors (Lipinski definition) is 4. The number of hydrazine groups is 1. The largest absolute Gasteiger partial charge is 0.507 e. The fourth-order valence-electron chi connectivity index (χ4n) is 0.858. The first-order valence-corrected chi connectivity index (χ1v) is 3.32. The number of benzene rings is 1. The minimum atomic E-state index is 0.0830. The van der Waals surface area contributed by atoms with Gasteiger partial charge in [0.15, 0.2) is 5.84 Å². The molecule has 0 atom stereocenters. The summed E-state index contributed by atoms with van der Waals surface area (Å²) >= 11 is 0. The van der Waals surface area contributed by atoms with Crippen LogP contribution >= 0.6 is 0 Å².